The van der Waals surface area contributed by atoms with E-state index in [1.165, 1.54) is 16.2 Å². The molecule has 36 heavy (non-hydrogen) atoms. The Morgan fingerprint density at radius 3 is 2.31 bits per heavy atom. The van der Waals surface area contributed by atoms with Crippen LogP contribution in [0.25, 0.3) is 10.9 Å². The summed E-state index contributed by atoms with van der Waals surface area (Å²) in [4.78, 5) is 41.6. The van der Waals surface area contributed by atoms with Gasteiger partial charge in [0.1, 0.15) is 6.54 Å². The first kappa shape index (κ1) is 23.5. The lowest BCUT2D eigenvalue weighted by atomic mass is 9.98. The van der Waals surface area contributed by atoms with E-state index < -0.39 is 0 Å². The molecular formula is C30H29N3O3. The quantitative estimate of drug-likeness (QED) is 0.459. The van der Waals surface area contributed by atoms with Crippen molar-refractivity contribution in [3.63, 3.8) is 0 Å². The molecule has 0 saturated heterocycles. The molecule has 0 unspecified atom stereocenters. The molecule has 0 saturated carbocycles. The van der Waals surface area contributed by atoms with Gasteiger partial charge in [-0.2, -0.15) is 0 Å². The number of hydrogen-bond acceptors (Lipinski definition) is 3. The van der Waals surface area contributed by atoms with Gasteiger partial charge in [0, 0.05) is 30.2 Å². The molecule has 0 bridgehead atoms. The second-order valence-electron chi connectivity index (χ2n) is 9.57. The number of fused-ring (bicyclic) bond motifs is 2. The summed E-state index contributed by atoms with van der Waals surface area (Å²) in [5, 5.41) is 3.63. The lowest BCUT2D eigenvalue weighted by Gasteiger charge is -2.29. The predicted molar refractivity (Wildman–Crippen MR) is 142 cm³/mol. The molecule has 0 radical (unpaired) electrons. The molecular weight excluding hydrogens is 450 g/mol. The SMILES string of the molecule is Cc1cc(C)c(NC(=O)Cn2c(=O)cc(C(=O)N3CCc4ccccc4C3)c3ccccc32)c(C)c1. The second-order valence-corrected chi connectivity index (χ2v) is 9.57. The molecule has 1 N–H and O–H groups in total. The highest BCUT2D eigenvalue weighted by Crippen LogP contribution is 2.25. The molecule has 2 amide bonds. The third-order valence-corrected chi connectivity index (χ3v) is 6.91. The molecule has 0 atom stereocenters. The molecule has 6 nitrogen and oxygen atoms in total. The van der Waals surface area contributed by atoms with Crippen molar-refractivity contribution in [1.29, 1.82) is 0 Å². The Balaban J connectivity index is 1.46. The minimum absolute atomic E-state index is 0.141. The van der Waals surface area contributed by atoms with Crippen molar-refractivity contribution in [2.45, 2.75) is 40.3 Å². The molecule has 1 aromatic heterocycles. The first-order valence-electron chi connectivity index (χ1n) is 12.2. The lowest BCUT2D eigenvalue weighted by Crippen LogP contribution is -2.37. The normalized spacial score (nSPS) is 12.9. The average molecular weight is 480 g/mol. The van der Waals surface area contributed by atoms with Crippen molar-refractivity contribution in [2.24, 2.45) is 0 Å². The van der Waals surface area contributed by atoms with Gasteiger partial charge in [0.2, 0.25) is 5.91 Å². The van der Waals surface area contributed by atoms with E-state index in [1.807, 2.05) is 69.3 Å². The maximum absolute atomic E-state index is 13.6. The predicted octanol–water partition coefficient (Wildman–Crippen LogP) is 4.76. The maximum Gasteiger partial charge on any atom is 0.255 e. The van der Waals surface area contributed by atoms with Gasteiger partial charge >= 0.3 is 0 Å². The molecule has 5 rings (SSSR count). The smallest absolute Gasteiger partial charge is 0.255 e. The van der Waals surface area contributed by atoms with Gasteiger partial charge in [-0.3, -0.25) is 19.0 Å². The third kappa shape index (κ3) is 4.42. The summed E-state index contributed by atoms with van der Waals surface area (Å²) in [5.41, 5.74) is 6.80. The van der Waals surface area contributed by atoms with Gasteiger partial charge in [-0.25, -0.2) is 0 Å². The lowest BCUT2D eigenvalue weighted by molar-refractivity contribution is -0.116. The van der Waals surface area contributed by atoms with E-state index >= 15 is 0 Å². The Bertz CT molecular complexity index is 1540. The van der Waals surface area contributed by atoms with E-state index in [9.17, 15) is 14.4 Å². The summed E-state index contributed by atoms with van der Waals surface area (Å²) < 4.78 is 1.44. The Morgan fingerprint density at radius 1 is 0.889 bits per heavy atom. The standard InChI is InChI=1S/C30H29N3O3/c1-19-14-20(2)29(21(3)15-19)31-27(34)18-33-26-11-7-6-10-24(26)25(16-28(33)35)30(36)32-13-12-22-8-4-5-9-23(22)17-32/h4-11,14-16H,12-13,17-18H2,1-3H3,(H,31,34). The van der Waals surface area contributed by atoms with Gasteiger partial charge in [0.15, 0.2) is 0 Å². The Morgan fingerprint density at radius 2 is 1.56 bits per heavy atom. The van der Waals surface area contributed by atoms with Crippen LogP contribution in [0.5, 0.6) is 0 Å². The van der Waals surface area contributed by atoms with Crippen LogP contribution in [0.3, 0.4) is 0 Å². The van der Waals surface area contributed by atoms with Crippen LogP contribution < -0.4 is 10.9 Å². The number of carbonyl (C=O) groups is 2. The van der Waals surface area contributed by atoms with Crippen molar-refractivity contribution < 1.29 is 9.59 Å². The van der Waals surface area contributed by atoms with E-state index in [1.54, 1.807) is 11.0 Å². The van der Waals surface area contributed by atoms with E-state index in [4.69, 9.17) is 0 Å². The summed E-state index contributed by atoms with van der Waals surface area (Å²) >= 11 is 0. The van der Waals surface area contributed by atoms with E-state index in [-0.39, 0.29) is 23.9 Å². The molecule has 6 heteroatoms. The molecule has 0 spiro atoms. The summed E-state index contributed by atoms with van der Waals surface area (Å²) in [5.74, 6) is -0.454. The molecule has 1 aliphatic rings. The molecule has 4 aromatic rings. The van der Waals surface area contributed by atoms with Gasteiger partial charge in [-0.1, -0.05) is 60.2 Å². The minimum atomic E-state index is -0.373. The number of pyridine rings is 1. The van der Waals surface area contributed by atoms with E-state index in [2.05, 4.69) is 11.4 Å². The van der Waals surface area contributed by atoms with Crippen molar-refractivity contribution in [3.8, 4) is 0 Å². The van der Waals surface area contributed by atoms with Gasteiger partial charge in [-0.15, -0.1) is 0 Å². The second kappa shape index (κ2) is 9.46. The highest BCUT2D eigenvalue weighted by Gasteiger charge is 2.24. The fourth-order valence-electron chi connectivity index (χ4n) is 5.21. The first-order chi connectivity index (χ1) is 17.3. The Kier molecular flexibility index (Phi) is 6.18. The summed E-state index contributed by atoms with van der Waals surface area (Å²) in [7, 11) is 0. The van der Waals surface area contributed by atoms with Crippen LogP contribution in [0.1, 0.15) is 38.2 Å². The van der Waals surface area contributed by atoms with E-state index in [0.29, 0.717) is 29.6 Å². The van der Waals surface area contributed by atoms with Gasteiger partial charge < -0.3 is 10.2 Å². The fraction of sp³-hybridized carbons (Fsp3) is 0.233. The number of hydrogen-bond donors (Lipinski definition) is 1. The van der Waals surface area contributed by atoms with Crippen molar-refractivity contribution in [3.05, 3.63) is 110 Å². The molecule has 2 heterocycles. The number of nitrogens with one attached hydrogen (secondary N) is 1. The molecule has 0 fully saturated rings. The highest BCUT2D eigenvalue weighted by molar-refractivity contribution is 6.06. The number of anilines is 1. The maximum atomic E-state index is 13.6. The number of amides is 2. The zero-order valence-electron chi connectivity index (χ0n) is 20.8. The van der Waals surface area contributed by atoms with Crippen molar-refractivity contribution >= 4 is 28.4 Å². The number of rotatable bonds is 4. The van der Waals surface area contributed by atoms with Crippen LogP contribution >= 0.6 is 0 Å². The zero-order chi connectivity index (χ0) is 25.4. The first-order valence-corrected chi connectivity index (χ1v) is 12.2. The van der Waals surface area contributed by atoms with Crippen LogP contribution in [0, 0.1) is 20.8 Å². The highest BCUT2D eigenvalue weighted by atomic mass is 16.2. The summed E-state index contributed by atoms with van der Waals surface area (Å²) in [6.07, 6.45) is 0.787. The minimum Gasteiger partial charge on any atom is -0.334 e. The molecule has 0 aliphatic carbocycles. The third-order valence-electron chi connectivity index (χ3n) is 6.91. The van der Waals surface area contributed by atoms with Crippen LogP contribution in [0.2, 0.25) is 0 Å². The number of aromatic nitrogens is 1. The largest absolute Gasteiger partial charge is 0.334 e. The summed E-state index contributed by atoms with van der Waals surface area (Å²) in [6, 6.07) is 20.8. The average Bonchev–Trinajstić information content (AvgIpc) is 2.87. The van der Waals surface area contributed by atoms with E-state index in [0.717, 1.165) is 34.4 Å². The van der Waals surface area contributed by atoms with Crippen LogP contribution in [0.15, 0.2) is 71.5 Å². The summed E-state index contributed by atoms with van der Waals surface area (Å²) in [6.45, 7) is 6.91. The number of nitrogens with zero attached hydrogens (tertiary/aromatic N) is 2. The van der Waals surface area contributed by atoms with Gasteiger partial charge in [-0.05, 0) is 55.5 Å². The molecule has 1 aliphatic heterocycles. The number of para-hydroxylation sites is 1. The fourth-order valence-corrected chi connectivity index (χ4v) is 5.21. The zero-order valence-corrected chi connectivity index (χ0v) is 20.8. The van der Waals surface area contributed by atoms with Gasteiger partial charge in [0.05, 0.1) is 11.1 Å². The number of carbonyl (C=O) groups excluding carboxylic acids is 2. The molecule has 182 valence electrons. The van der Waals surface area contributed by atoms with Crippen LogP contribution in [0.4, 0.5) is 5.69 Å². The molecule has 3 aromatic carbocycles. The van der Waals surface area contributed by atoms with Crippen molar-refractivity contribution in [1.82, 2.24) is 9.47 Å². The van der Waals surface area contributed by atoms with Crippen molar-refractivity contribution in [2.75, 3.05) is 11.9 Å². The van der Waals surface area contributed by atoms with Crippen LogP contribution in [-0.4, -0.2) is 27.8 Å². The van der Waals surface area contributed by atoms with Crippen LogP contribution in [-0.2, 0) is 24.3 Å². The van der Waals surface area contributed by atoms with Gasteiger partial charge in [0.25, 0.3) is 11.5 Å². The number of benzene rings is 3. The Hall–Kier alpha value is -4.19. The monoisotopic (exact) mass is 479 g/mol. The topological polar surface area (TPSA) is 71.4 Å². The Labute approximate surface area is 210 Å². The number of aryl methyl sites for hydroxylation is 3.